The van der Waals surface area contributed by atoms with Crippen LogP contribution in [0.1, 0.15) is 35.9 Å². The number of fused-ring (bicyclic) bond motifs is 19. The number of pyridine rings is 2. The average molecular weight is 656 g/mol. The highest BCUT2D eigenvalue weighted by Gasteiger charge is 2.43. The molecule has 51 heavy (non-hydrogen) atoms. The Morgan fingerprint density at radius 1 is 0.627 bits per heavy atom. The second-order valence-electron chi connectivity index (χ2n) is 14.5. The van der Waals surface area contributed by atoms with Gasteiger partial charge in [0, 0.05) is 62.7 Å². The molecule has 0 aliphatic carbocycles. The minimum atomic E-state index is 0.222. The SMILES string of the molecule is C=C1CC2C(CCc3ccccc3-c3cccc[n+]31)c1cc3c(cc1-c1cccc[n+]12)c1cccc2c4ccc5oc6ccccc6c5c4n3c12. The van der Waals surface area contributed by atoms with Crippen LogP contribution >= 0.6 is 0 Å². The summed E-state index contributed by atoms with van der Waals surface area (Å²) in [5, 5.41) is 7.52. The summed E-state index contributed by atoms with van der Waals surface area (Å²) in [6, 6.07) is 47.1. The van der Waals surface area contributed by atoms with Gasteiger partial charge in [0.15, 0.2) is 24.1 Å². The molecule has 2 aliphatic heterocycles. The molecule has 0 amide bonds. The third kappa shape index (κ3) is 3.59. The lowest BCUT2D eigenvalue weighted by molar-refractivity contribution is -0.720. The van der Waals surface area contributed by atoms with Crippen LogP contribution in [0.3, 0.4) is 0 Å². The highest BCUT2D eigenvalue weighted by atomic mass is 16.3. The number of aromatic nitrogens is 3. The first-order valence-electron chi connectivity index (χ1n) is 18.1. The normalized spacial score (nSPS) is 17.2. The van der Waals surface area contributed by atoms with Gasteiger partial charge in [-0.2, -0.15) is 9.13 Å². The Kier molecular flexibility index (Phi) is 5.36. The van der Waals surface area contributed by atoms with E-state index in [0.29, 0.717) is 0 Å². The van der Waals surface area contributed by atoms with E-state index in [1.807, 2.05) is 0 Å². The summed E-state index contributed by atoms with van der Waals surface area (Å²) in [5.74, 6) is 0.289. The van der Waals surface area contributed by atoms with Gasteiger partial charge in [-0.25, -0.2) is 0 Å². The largest absolute Gasteiger partial charge is 0.456 e. The lowest BCUT2D eigenvalue weighted by Gasteiger charge is -2.31. The van der Waals surface area contributed by atoms with E-state index >= 15 is 0 Å². The van der Waals surface area contributed by atoms with Crippen LogP contribution in [-0.2, 0) is 6.42 Å². The fraction of sp³-hybridized carbons (Fsp3) is 0.106. The smallest absolute Gasteiger partial charge is 0.218 e. The molecule has 7 heterocycles. The Morgan fingerprint density at radius 2 is 1.39 bits per heavy atom. The molecule has 0 bridgehead atoms. The van der Waals surface area contributed by atoms with Gasteiger partial charge < -0.3 is 8.82 Å². The number of para-hydroxylation sites is 2. The molecule has 10 aromatic rings. The van der Waals surface area contributed by atoms with Crippen molar-refractivity contribution in [1.82, 2.24) is 4.40 Å². The average Bonchev–Trinajstić information content (AvgIpc) is 3.83. The third-order valence-electron chi connectivity index (χ3n) is 12.0. The first-order chi connectivity index (χ1) is 25.2. The first kappa shape index (κ1) is 27.5. The summed E-state index contributed by atoms with van der Waals surface area (Å²) in [6.45, 7) is 4.75. The number of benzene rings is 5. The number of nitrogens with zero attached hydrogens (tertiary/aromatic N) is 3. The zero-order valence-electron chi connectivity index (χ0n) is 28.0. The van der Waals surface area contributed by atoms with Crippen molar-refractivity contribution in [3.05, 3.63) is 157 Å². The molecule has 5 aromatic heterocycles. The fourth-order valence-electron chi connectivity index (χ4n) is 9.89. The quantitative estimate of drug-likeness (QED) is 0.149. The summed E-state index contributed by atoms with van der Waals surface area (Å²) in [4.78, 5) is 0. The van der Waals surface area contributed by atoms with Crippen LogP contribution in [0.25, 0.3) is 88.2 Å². The van der Waals surface area contributed by atoms with Crippen molar-refractivity contribution in [2.45, 2.75) is 31.2 Å². The van der Waals surface area contributed by atoms with Gasteiger partial charge in [-0.3, -0.25) is 0 Å². The summed E-state index contributed by atoms with van der Waals surface area (Å²) < 4.78 is 13.9. The Morgan fingerprint density at radius 3 is 2.33 bits per heavy atom. The lowest BCUT2D eigenvalue weighted by Crippen LogP contribution is -2.49. The van der Waals surface area contributed by atoms with E-state index < -0.39 is 0 Å². The second-order valence-corrected chi connectivity index (χ2v) is 14.5. The maximum atomic E-state index is 6.45. The number of hydrogen-bond donors (Lipinski definition) is 0. The monoisotopic (exact) mass is 655 g/mol. The second kappa shape index (κ2) is 9.92. The molecule has 240 valence electrons. The van der Waals surface area contributed by atoms with Crippen LogP contribution < -0.4 is 9.13 Å². The molecule has 0 N–H and O–H groups in total. The van der Waals surface area contributed by atoms with E-state index in [0.717, 1.165) is 41.5 Å². The lowest BCUT2D eigenvalue weighted by atomic mass is 9.77. The van der Waals surface area contributed by atoms with E-state index in [4.69, 9.17) is 11.0 Å². The Balaban J connectivity index is 1.18. The van der Waals surface area contributed by atoms with E-state index in [1.54, 1.807) is 0 Å². The van der Waals surface area contributed by atoms with Gasteiger partial charge in [-0.1, -0.05) is 54.6 Å². The molecule has 0 radical (unpaired) electrons. The molecule has 2 unspecified atom stereocenters. The molecule has 12 rings (SSSR count). The maximum absolute atomic E-state index is 6.45. The number of rotatable bonds is 0. The highest BCUT2D eigenvalue weighted by molar-refractivity contribution is 6.30. The number of hydrogen-bond acceptors (Lipinski definition) is 1. The molecule has 0 saturated heterocycles. The van der Waals surface area contributed by atoms with Crippen LogP contribution in [0.5, 0.6) is 0 Å². The van der Waals surface area contributed by atoms with Crippen LogP contribution in [0.4, 0.5) is 0 Å². The summed E-state index contributed by atoms with van der Waals surface area (Å²) in [7, 11) is 0. The van der Waals surface area contributed by atoms with Crippen molar-refractivity contribution in [3.63, 3.8) is 0 Å². The van der Waals surface area contributed by atoms with E-state index in [1.165, 1.54) is 77.1 Å². The fourth-order valence-corrected chi connectivity index (χ4v) is 9.89. The molecular formula is C47H33N3O+2. The van der Waals surface area contributed by atoms with E-state index in [2.05, 4.69) is 153 Å². The van der Waals surface area contributed by atoms with Gasteiger partial charge in [0.2, 0.25) is 11.4 Å². The molecular weight excluding hydrogens is 623 g/mol. The van der Waals surface area contributed by atoms with Crippen molar-refractivity contribution in [2.24, 2.45) is 0 Å². The third-order valence-corrected chi connectivity index (χ3v) is 12.0. The molecule has 4 heteroatoms. The van der Waals surface area contributed by atoms with Crippen molar-refractivity contribution < 1.29 is 13.6 Å². The van der Waals surface area contributed by atoms with Gasteiger partial charge in [0.25, 0.3) is 0 Å². The van der Waals surface area contributed by atoms with Crippen molar-refractivity contribution in [3.8, 4) is 22.5 Å². The van der Waals surface area contributed by atoms with Crippen LogP contribution in [-0.4, -0.2) is 4.40 Å². The maximum Gasteiger partial charge on any atom is 0.218 e. The van der Waals surface area contributed by atoms with Crippen molar-refractivity contribution in [2.75, 3.05) is 0 Å². The molecule has 5 aromatic carbocycles. The zero-order valence-corrected chi connectivity index (χ0v) is 28.0. The number of furan rings is 1. The van der Waals surface area contributed by atoms with Crippen LogP contribution in [0, 0.1) is 0 Å². The number of allylic oxidation sites excluding steroid dienone is 1. The van der Waals surface area contributed by atoms with Gasteiger partial charge in [-0.05, 0) is 79.1 Å². The Bertz CT molecular complexity index is 3110. The summed E-state index contributed by atoms with van der Waals surface area (Å²) in [6.07, 6.45) is 7.37. The van der Waals surface area contributed by atoms with Crippen molar-refractivity contribution >= 4 is 65.7 Å². The summed E-state index contributed by atoms with van der Waals surface area (Å²) in [5.41, 5.74) is 14.7. The first-order valence-corrected chi connectivity index (χ1v) is 18.1. The topological polar surface area (TPSA) is 25.3 Å². The molecule has 0 fully saturated rings. The van der Waals surface area contributed by atoms with Crippen LogP contribution in [0.15, 0.2) is 151 Å². The van der Waals surface area contributed by atoms with Gasteiger partial charge in [-0.15, -0.1) is 0 Å². The molecule has 2 aliphatic rings. The minimum absolute atomic E-state index is 0.222. The molecule has 0 saturated carbocycles. The minimum Gasteiger partial charge on any atom is -0.456 e. The van der Waals surface area contributed by atoms with Gasteiger partial charge in [0.05, 0.1) is 33.9 Å². The van der Waals surface area contributed by atoms with Crippen molar-refractivity contribution in [1.29, 1.82) is 0 Å². The van der Waals surface area contributed by atoms with Gasteiger partial charge in [0.1, 0.15) is 11.2 Å². The molecule has 4 nitrogen and oxygen atoms in total. The Labute approximate surface area is 294 Å². The standard InChI is InChI=1S/C47H33N3O/c1-28-25-41-31(20-19-29-11-2-3-12-30(29)39-16-6-8-23-48(28)39)36-27-42-37(26-38(36)40-17-7-9-24-49(40)41)33-15-10-14-32-34-21-22-44-45(47(34)50(42)46(32)33)35-13-4-5-18-43(35)51-44/h2-18,21-24,26-27,31,41H,1,19-20,25H2/q+2. The predicted octanol–water partition coefficient (Wildman–Crippen LogP) is 10.8. The zero-order chi connectivity index (χ0) is 33.4. The molecule has 2 atom stereocenters. The predicted molar refractivity (Wildman–Crippen MR) is 206 cm³/mol. The Hall–Kier alpha value is -6.26. The number of aryl methyl sites for hydroxylation is 1. The van der Waals surface area contributed by atoms with Gasteiger partial charge >= 0.3 is 0 Å². The molecule has 0 spiro atoms. The highest BCUT2D eigenvalue weighted by Crippen LogP contribution is 2.49. The van der Waals surface area contributed by atoms with E-state index in [9.17, 15) is 0 Å². The van der Waals surface area contributed by atoms with Crippen LogP contribution in [0.2, 0.25) is 0 Å². The summed E-state index contributed by atoms with van der Waals surface area (Å²) >= 11 is 0. The van der Waals surface area contributed by atoms with E-state index in [-0.39, 0.29) is 12.0 Å².